The largest absolute Gasteiger partial charge is 0.347 e. The molecule has 1 aromatic heterocycles. The van der Waals surface area contributed by atoms with Crippen molar-refractivity contribution in [1.29, 1.82) is 0 Å². The molecular formula is C20H15ClFN3O2. The maximum absolute atomic E-state index is 12.9. The van der Waals surface area contributed by atoms with Crippen LogP contribution in [0.5, 0.6) is 0 Å². The number of amides is 2. The average molecular weight is 384 g/mol. The molecule has 0 atom stereocenters. The van der Waals surface area contributed by atoms with Gasteiger partial charge >= 0.3 is 0 Å². The van der Waals surface area contributed by atoms with Crippen molar-refractivity contribution < 1.29 is 14.0 Å². The highest BCUT2D eigenvalue weighted by Crippen LogP contribution is 2.16. The lowest BCUT2D eigenvalue weighted by atomic mass is 10.2. The lowest BCUT2D eigenvalue weighted by Crippen LogP contribution is -2.24. The number of carbonyl (C=O) groups is 2. The van der Waals surface area contributed by atoms with Crippen LogP contribution in [0.4, 0.5) is 10.1 Å². The number of nitrogens with zero attached hydrogens (tertiary/aromatic N) is 1. The Morgan fingerprint density at radius 1 is 1.00 bits per heavy atom. The summed E-state index contributed by atoms with van der Waals surface area (Å²) in [5.74, 6) is -1.16. The second-order valence-electron chi connectivity index (χ2n) is 5.70. The standard InChI is InChI=1S/C20H15ClFN3O2/c21-15-2-1-3-17(11-15)25-19(26)14-8-9-23-18(10-14)20(27)24-12-13-4-6-16(22)7-5-13/h1-11H,12H2,(H,24,27)(H,25,26). The minimum Gasteiger partial charge on any atom is -0.347 e. The first-order chi connectivity index (χ1) is 13.0. The van der Waals surface area contributed by atoms with Crippen LogP contribution in [0.25, 0.3) is 0 Å². The number of hydrogen-bond acceptors (Lipinski definition) is 3. The molecule has 0 spiro atoms. The van der Waals surface area contributed by atoms with E-state index in [4.69, 9.17) is 11.6 Å². The molecule has 0 unspecified atom stereocenters. The first-order valence-corrected chi connectivity index (χ1v) is 8.45. The van der Waals surface area contributed by atoms with Gasteiger partial charge in [-0.1, -0.05) is 29.8 Å². The number of aromatic nitrogens is 1. The molecule has 3 aromatic rings. The highest BCUT2D eigenvalue weighted by atomic mass is 35.5. The zero-order valence-corrected chi connectivity index (χ0v) is 14.8. The summed E-state index contributed by atoms with van der Waals surface area (Å²) in [6, 6.07) is 15.5. The molecule has 0 radical (unpaired) electrons. The molecule has 136 valence electrons. The van der Waals surface area contributed by atoms with Crippen LogP contribution in [0.1, 0.15) is 26.4 Å². The zero-order chi connectivity index (χ0) is 19.2. The lowest BCUT2D eigenvalue weighted by molar-refractivity contribution is 0.0946. The molecule has 3 rings (SSSR count). The summed E-state index contributed by atoms with van der Waals surface area (Å²) in [5, 5.41) is 5.90. The predicted octanol–water partition coefficient (Wildman–Crippen LogP) is 4.06. The molecule has 27 heavy (non-hydrogen) atoms. The molecule has 0 fully saturated rings. The normalized spacial score (nSPS) is 10.3. The van der Waals surface area contributed by atoms with E-state index in [0.29, 0.717) is 10.7 Å². The van der Waals surface area contributed by atoms with E-state index in [2.05, 4.69) is 15.6 Å². The number of anilines is 1. The van der Waals surface area contributed by atoms with Gasteiger partial charge in [-0.3, -0.25) is 14.6 Å². The molecule has 2 aromatic carbocycles. The molecule has 1 heterocycles. The number of carbonyl (C=O) groups excluding carboxylic acids is 2. The van der Waals surface area contributed by atoms with Gasteiger partial charge in [-0.2, -0.15) is 0 Å². The SMILES string of the molecule is O=C(Nc1cccc(Cl)c1)c1ccnc(C(=O)NCc2ccc(F)cc2)c1. The molecule has 0 saturated heterocycles. The first kappa shape index (κ1) is 18.5. The van der Waals surface area contributed by atoms with Crippen molar-refractivity contribution in [3.63, 3.8) is 0 Å². The number of benzene rings is 2. The maximum Gasteiger partial charge on any atom is 0.270 e. The van der Waals surface area contributed by atoms with Gasteiger partial charge in [0.2, 0.25) is 0 Å². The van der Waals surface area contributed by atoms with E-state index in [1.165, 1.54) is 30.5 Å². The Bertz CT molecular complexity index is 977. The van der Waals surface area contributed by atoms with Crippen molar-refractivity contribution in [3.8, 4) is 0 Å². The number of rotatable bonds is 5. The molecule has 0 aliphatic heterocycles. The Labute approximate surface area is 160 Å². The van der Waals surface area contributed by atoms with E-state index >= 15 is 0 Å². The van der Waals surface area contributed by atoms with E-state index in [1.807, 2.05) is 0 Å². The van der Waals surface area contributed by atoms with Gasteiger partial charge in [-0.15, -0.1) is 0 Å². The molecule has 5 nitrogen and oxygen atoms in total. The molecule has 7 heteroatoms. The van der Waals surface area contributed by atoms with Gasteiger partial charge in [0, 0.05) is 29.0 Å². The molecule has 0 bridgehead atoms. The summed E-state index contributed by atoms with van der Waals surface area (Å²) < 4.78 is 12.9. The topological polar surface area (TPSA) is 71.1 Å². The average Bonchev–Trinajstić information content (AvgIpc) is 2.67. The Morgan fingerprint density at radius 3 is 2.52 bits per heavy atom. The van der Waals surface area contributed by atoms with Crippen molar-refractivity contribution in [2.45, 2.75) is 6.54 Å². The summed E-state index contributed by atoms with van der Waals surface area (Å²) in [6.07, 6.45) is 1.39. The summed E-state index contributed by atoms with van der Waals surface area (Å²) >= 11 is 5.90. The van der Waals surface area contributed by atoms with Crippen LogP contribution in [0.3, 0.4) is 0 Å². The van der Waals surface area contributed by atoms with E-state index in [1.54, 1.807) is 36.4 Å². The van der Waals surface area contributed by atoms with Crippen LogP contribution in [0.2, 0.25) is 5.02 Å². The number of hydrogen-bond donors (Lipinski definition) is 2. The fourth-order valence-corrected chi connectivity index (χ4v) is 2.53. The highest BCUT2D eigenvalue weighted by Gasteiger charge is 2.12. The fourth-order valence-electron chi connectivity index (χ4n) is 2.34. The van der Waals surface area contributed by atoms with Gasteiger partial charge in [0.05, 0.1) is 0 Å². The van der Waals surface area contributed by atoms with Gasteiger partial charge in [-0.05, 0) is 48.0 Å². The van der Waals surface area contributed by atoms with E-state index in [-0.39, 0.29) is 29.5 Å². The Balaban J connectivity index is 1.66. The highest BCUT2D eigenvalue weighted by molar-refractivity contribution is 6.31. The van der Waals surface area contributed by atoms with Crippen molar-refractivity contribution in [2.24, 2.45) is 0 Å². The molecular weight excluding hydrogens is 369 g/mol. The maximum atomic E-state index is 12.9. The summed E-state index contributed by atoms with van der Waals surface area (Å²) in [7, 11) is 0. The Morgan fingerprint density at radius 2 is 1.78 bits per heavy atom. The van der Waals surface area contributed by atoms with Crippen LogP contribution >= 0.6 is 11.6 Å². The minimum atomic E-state index is -0.434. The first-order valence-electron chi connectivity index (χ1n) is 8.07. The van der Waals surface area contributed by atoms with Gasteiger partial charge in [0.25, 0.3) is 11.8 Å². The quantitative estimate of drug-likeness (QED) is 0.698. The van der Waals surface area contributed by atoms with Crippen molar-refractivity contribution in [2.75, 3.05) is 5.32 Å². The second-order valence-corrected chi connectivity index (χ2v) is 6.14. The zero-order valence-electron chi connectivity index (χ0n) is 14.1. The third-order valence-electron chi connectivity index (χ3n) is 3.70. The molecule has 2 N–H and O–H groups in total. The monoisotopic (exact) mass is 383 g/mol. The van der Waals surface area contributed by atoms with Gasteiger partial charge in [-0.25, -0.2) is 4.39 Å². The Hall–Kier alpha value is -3.25. The second kappa shape index (κ2) is 8.42. The predicted molar refractivity (Wildman–Crippen MR) is 101 cm³/mol. The van der Waals surface area contributed by atoms with Crippen molar-refractivity contribution in [3.05, 3.63) is 94.5 Å². The van der Waals surface area contributed by atoms with E-state index in [9.17, 15) is 14.0 Å². The molecule has 2 amide bonds. The third kappa shape index (κ3) is 5.12. The molecule has 0 aliphatic rings. The molecule has 0 aliphatic carbocycles. The number of pyridine rings is 1. The lowest BCUT2D eigenvalue weighted by Gasteiger charge is -2.08. The summed E-state index contributed by atoms with van der Waals surface area (Å²) in [5.41, 5.74) is 1.69. The van der Waals surface area contributed by atoms with Gasteiger partial charge in [0.15, 0.2) is 0 Å². The van der Waals surface area contributed by atoms with Gasteiger partial charge < -0.3 is 10.6 Å². The smallest absolute Gasteiger partial charge is 0.270 e. The van der Waals surface area contributed by atoms with Crippen molar-refractivity contribution >= 4 is 29.1 Å². The van der Waals surface area contributed by atoms with E-state index < -0.39 is 5.91 Å². The minimum absolute atomic E-state index is 0.107. The number of halogens is 2. The molecule has 0 saturated carbocycles. The van der Waals surface area contributed by atoms with Gasteiger partial charge in [0.1, 0.15) is 11.5 Å². The van der Waals surface area contributed by atoms with Crippen molar-refractivity contribution in [1.82, 2.24) is 10.3 Å². The van der Waals surface area contributed by atoms with E-state index in [0.717, 1.165) is 5.56 Å². The summed E-state index contributed by atoms with van der Waals surface area (Å²) in [6.45, 7) is 0.222. The third-order valence-corrected chi connectivity index (χ3v) is 3.94. The van der Waals surface area contributed by atoms with Crippen LogP contribution in [-0.4, -0.2) is 16.8 Å². The summed E-state index contributed by atoms with van der Waals surface area (Å²) in [4.78, 5) is 28.6. The fraction of sp³-hybridized carbons (Fsp3) is 0.0500. The van der Waals surface area contributed by atoms with Crippen LogP contribution < -0.4 is 10.6 Å². The Kier molecular flexibility index (Phi) is 5.78. The van der Waals surface area contributed by atoms with Crippen LogP contribution in [0, 0.1) is 5.82 Å². The van der Waals surface area contributed by atoms with Crippen LogP contribution in [-0.2, 0) is 6.54 Å². The number of nitrogens with one attached hydrogen (secondary N) is 2. The van der Waals surface area contributed by atoms with Crippen LogP contribution in [0.15, 0.2) is 66.9 Å².